The van der Waals surface area contributed by atoms with Crippen LogP contribution in [-0.4, -0.2) is 54.3 Å². The second-order valence-electron chi connectivity index (χ2n) is 12.2. The van der Waals surface area contributed by atoms with E-state index in [2.05, 4.69) is 86.0 Å². The average Bonchev–Trinajstić information content (AvgIpc) is 3.11. The average molecular weight is 734 g/mol. The SMILES string of the molecule is CC/C=C\C/C=C\C/C=C\C/C=C\C/C=C\C/C=C\C/C=C\CC(=O)OCC(O)COP(=O)(O)OCCNC(=O)CCCCCCCCCCC. The van der Waals surface area contributed by atoms with E-state index in [0.717, 1.165) is 57.8 Å². The summed E-state index contributed by atoms with van der Waals surface area (Å²) in [6.07, 6.45) is 45.5. The zero-order valence-electron chi connectivity index (χ0n) is 31.5. The maximum atomic E-state index is 12.0. The number of aliphatic hydroxyl groups is 1. The third-order valence-electron chi connectivity index (χ3n) is 7.37. The van der Waals surface area contributed by atoms with Crippen LogP contribution in [0.25, 0.3) is 0 Å². The molecule has 0 heterocycles. The molecule has 1 amide bonds. The van der Waals surface area contributed by atoms with Crippen LogP contribution in [0, 0.1) is 0 Å². The van der Waals surface area contributed by atoms with Crippen LogP contribution in [-0.2, 0) is 27.9 Å². The van der Waals surface area contributed by atoms with Crippen molar-refractivity contribution in [3.05, 3.63) is 85.1 Å². The van der Waals surface area contributed by atoms with Gasteiger partial charge in [0.25, 0.3) is 0 Å². The number of hydrogen-bond acceptors (Lipinski definition) is 7. The molecule has 290 valence electrons. The number of carbonyl (C=O) groups is 2. The van der Waals surface area contributed by atoms with Gasteiger partial charge in [0.2, 0.25) is 5.91 Å². The van der Waals surface area contributed by atoms with Crippen LogP contribution in [0.15, 0.2) is 85.1 Å². The summed E-state index contributed by atoms with van der Waals surface area (Å²) in [5.41, 5.74) is 0. The van der Waals surface area contributed by atoms with Crippen molar-refractivity contribution in [1.82, 2.24) is 5.32 Å². The van der Waals surface area contributed by atoms with Gasteiger partial charge in [-0.3, -0.25) is 18.6 Å². The summed E-state index contributed by atoms with van der Waals surface area (Å²) in [4.78, 5) is 33.6. The fourth-order valence-corrected chi connectivity index (χ4v) is 5.28. The van der Waals surface area contributed by atoms with E-state index < -0.39 is 26.5 Å². The molecule has 0 fully saturated rings. The number of allylic oxidation sites excluding steroid dienone is 13. The summed E-state index contributed by atoms with van der Waals surface area (Å²) >= 11 is 0. The molecule has 0 aliphatic rings. The lowest BCUT2D eigenvalue weighted by atomic mass is 10.1. The molecule has 0 bridgehead atoms. The van der Waals surface area contributed by atoms with Crippen molar-refractivity contribution in [2.45, 2.75) is 136 Å². The highest BCUT2D eigenvalue weighted by atomic mass is 31.2. The van der Waals surface area contributed by atoms with Gasteiger partial charge in [0.1, 0.15) is 12.7 Å². The molecule has 2 atom stereocenters. The first-order valence-corrected chi connectivity index (χ1v) is 20.6. The Labute approximate surface area is 309 Å². The van der Waals surface area contributed by atoms with Crippen LogP contribution in [0.4, 0.5) is 0 Å². The Morgan fingerprint density at radius 3 is 1.57 bits per heavy atom. The number of aliphatic hydroxyl groups excluding tert-OH is 1. The van der Waals surface area contributed by atoms with Crippen molar-refractivity contribution in [3.8, 4) is 0 Å². The van der Waals surface area contributed by atoms with E-state index in [1.165, 1.54) is 38.5 Å². The zero-order chi connectivity index (χ0) is 37.5. The van der Waals surface area contributed by atoms with Gasteiger partial charge in [-0.1, -0.05) is 150 Å². The Morgan fingerprint density at radius 2 is 1.08 bits per heavy atom. The molecule has 0 aliphatic heterocycles. The van der Waals surface area contributed by atoms with E-state index in [0.29, 0.717) is 12.8 Å². The van der Waals surface area contributed by atoms with E-state index in [9.17, 15) is 24.2 Å². The Kier molecular flexibility index (Phi) is 34.9. The Morgan fingerprint density at radius 1 is 0.627 bits per heavy atom. The highest BCUT2D eigenvalue weighted by Gasteiger charge is 2.23. The molecule has 51 heavy (non-hydrogen) atoms. The van der Waals surface area contributed by atoms with E-state index in [4.69, 9.17) is 13.8 Å². The first-order chi connectivity index (χ1) is 24.8. The van der Waals surface area contributed by atoms with Crippen LogP contribution >= 0.6 is 7.82 Å². The lowest BCUT2D eigenvalue weighted by Gasteiger charge is -2.15. The van der Waals surface area contributed by atoms with Gasteiger partial charge in [0.05, 0.1) is 19.6 Å². The molecule has 0 saturated heterocycles. The molecule has 3 N–H and O–H groups in total. The Bertz CT molecular complexity index is 1110. The van der Waals surface area contributed by atoms with E-state index in [-0.39, 0.29) is 32.1 Å². The van der Waals surface area contributed by atoms with Gasteiger partial charge in [-0.05, 0) is 51.4 Å². The summed E-state index contributed by atoms with van der Waals surface area (Å²) in [5.74, 6) is -0.661. The quantitative estimate of drug-likeness (QED) is 0.0258. The van der Waals surface area contributed by atoms with Gasteiger partial charge >= 0.3 is 13.8 Å². The molecule has 10 heteroatoms. The number of ether oxygens (including phenoxy) is 1. The topological polar surface area (TPSA) is 131 Å². The van der Waals surface area contributed by atoms with Crippen molar-refractivity contribution in [1.29, 1.82) is 0 Å². The van der Waals surface area contributed by atoms with Crippen LogP contribution < -0.4 is 5.32 Å². The van der Waals surface area contributed by atoms with Crippen molar-refractivity contribution in [3.63, 3.8) is 0 Å². The van der Waals surface area contributed by atoms with E-state index in [1.54, 1.807) is 6.08 Å². The largest absolute Gasteiger partial charge is 0.472 e. The number of hydrogen-bond donors (Lipinski definition) is 3. The molecule has 0 spiro atoms. The van der Waals surface area contributed by atoms with Crippen LogP contribution in [0.1, 0.15) is 129 Å². The lowest BCUT2D eigenvalue weighted by Crippen LogP contribution is -2.27. The predicted octanol–water partition coefficient (Wildman–Crippen LogP) is 10.1. The zero-order valence-corrected chi connectivity index (χ0v) is 32.4. The van der Waals surface area contributed by atoms with Gasteiger partial charge in [0, 0.05) is 13.0 Å². The first kappa shape index (κ1) is 48.2. The highest BCUT2D eigenvalue weighted by Crippen LogP contribution is 2.42. The predicted molar refractivity (Wildman–Crippen MR) is 210 cm³/mol. The number of unbranched alkanes of at least 4 members (excludes halogenated alkanes) is 8. The van der Waals surface area contributed by atoms with Crippen molar-refractivity contribution in [2.75, 3.05) is 26.4 Å². The highest BCUT2D eigenvalue weighted by molar-refractivity contribution is 7.47. The first-order valence-electron chi connectivity index (χ1n) is 19.1. The number of amides is 1. The fraction of sp³-hybridized carbons (Fsp3) is 0.610. The maximum absolute atomic E-state index is 12.0. The van der Waals surface area contributed by atoms with E-state index >= 15 is 0 Å². The number of esters is 1. The standard InChI is InChI=1S/C41H68NO8P/c1-3-5-7-9-11-13-14-15-16-17-18-19-20-21-22-23-24-26-28-30-32-34-41(45)48-37-39(43)38-50-51(46,47)49-36-35-42-40(44)33-31-29-27-25-12-10-8-6-4-2/h5,7,11,13,15-16,18-19,21-22,24,26,30,32,39,43H,3-4,6,8-10,12,14,17,20,23,25,27-29,31,33-38H2,1-2H3,(H,42,44)(H,46,47)/b7-5-,13-11-,16-15-,19-18-,22-21-,26-24-,32-30-. The molecular weight excluding hydrogens is 665 g/mol. The van der Waals surface area contributed by atoms with Gasteiger partial charge in [-0.15, -0.1) is 0 Å². The molecule has 2 unspecified atom stereocenters. The second kappa shape index (κ2) is 37.0. The fourth-order valence-electron chi connectivity index (χ4n) is 4.52. The van der Waals surface area contributed by atoms with Gasteiger partial charge in [0.15, 0.2) is 0 Å². The van der Waals surface area contributed by atoms with Gasteiger partial charge in [-0.2, -0.15) is 0 Å². The minimum absolute atomic E-state index is 0.0443. The number of nitrogens with one attached hydrogen (secondary N) is 1. The molecule has 0 radical (unpaired) electrons. The van der Waals surface area contributed by atoms with Crippen molar-refractivity contribution in [2.24, 2.45) is 0 Å². The molecule has 0 aromatic heterocycles. The Hall–Kier alpha value is -2.81. The maximum Gasteiger partial charge on any atom is 0.472 e. The van der Waals surface area contributed by atoms with Gasteiger partial charge < -0.3 is 20.1 Å². The number of carbonyl (C=O) groups excluding carboxylic acids is 2. The molecule has 0 rings (SSSR count). The summed E-state index contributed by atoms with van der Waals surface area (Å²) in [6, 6.07) is 0. The minimum Gasteiger partial charge on any atom is -0.463 e. The van der Waals surface area contributed by atoms with E-state index in [1.807, 2.05) is 12.2 Å². The normalized spacial score (nSPS) is 14.4. The van der Waals surface area contributed by atoms with Crippen LogP contribution in [0.2, 0.25) is 0 Å². The third kappa shape index (κ3) is 38.3. The molecule has 0 aliphatic carbocycles. The summed E-state index contributed by atoms with van der Waals surface area (Å²) in [5, 5.41) is 12.6. The number of phosphoric acid groups is 1. The van der Waals surface area contributed by atoms with Crippen molar-refractivity contribution < 1.29 is 37.9 Å². The monoisotopic (exact) mass is 733 g/mol. The Balaban J connectivity index is 3.81. The second-order valence-corrected chi connectivity index (χ2v) is 13.6. The molecule has 0 saturated carbocycles. The summed E-state index contributed by atoms with van der Waals surface area (Å²) < 4.78 is 26.6. The molecule has 9 nitrogen and oxygen atoms in total. The van der Waals surface area contributed by atoms with Gasteiger partial charge in [-0.25, -0.2) is 4.57 Å². The molecule has 0 aromatic carbocycles. The third-order valence-corrected chi connectivity index (χ3v) is 8.36. The molecular formula is C41H68NO8P. The summed E-state index contributed by atoms with van der Waals surface area (Å²) in [6.45, 7) is 3.27. The van der Waals surface area contributed by atoms with Crippen LogP contribution in [0.5, 0.6) is 0 Å². The number of rotatable bonds is 34. The number of phosphoric ester groups is 1. The van der Waals surface area contributed by atoms with Crippen molar-refractivity contribution >= 4 is 19.7 Å². The van der Waals surface area contributed by atoms with Crippen LogP contribution in [0.3, 0.4) is 0 Å². The summed E-state index contributed by atoms with van der Waals surface area (Å²) in [7, 11) is -4.43. The lowest BCUT2D eigenvalue weighted by molar-refractivity contribution is -0.146. The minimum atomic E-state index is -4.43. The molecule has 0 aromatic rings. The smallest absolute Gasteiger partial charge is 0.463 e.